The summed E-state index contributed by atoms with van der Waals surface area (Å²) < 4.78 is 10.9. The van der Waals surface area contributed by atoms with E-state index in [1.165, 1.54) is 6.08 Å². The normalized spacial score (nSPS) is 11.8. The van der Waals surface area contributed by atoms with Gasteiger partial charge in [0, 0.05) is 11.6 Å². The number of hydrogen-bond acceptors (Lipinski definition) is 3. The molecule has 0 aliphatic heterocycles. The molecule has 1 aromatic rings. The standard InChI is InChI=1S/C15H20O4/c1-15(2,3)19-10-11-5-7-13(18-4)12(9-11)6-8-14(16)17/h5-9H,10H2,1-4H3,(H,16,17)/b8-6+. The monoisotopic (exact) mass is 264 g/mol. The van der Waals surface area contributed by atoms with Crippen LogP contribution in [0.15, 0.2) is 24.3 Å². The fourth-order valence-electron chi connectivity index (χ4n) is 1.46. The number of hydrogen-bond donors (Lipinski definition) is 1. The quantitative estimate of drug-likeness (QED) is 0.830. The first kappa shape index (κ1) is 15.2. The minimum absolute atomic E-state index is 0.211. The molecule has 1 aromatic carbocycles. The van der Waals surface area contributed by atoms with Gasteiger partial charge in [-0.15, -0.1) is 0 Å². The second kappa shape index (κ2) is 6.38. The fourth-order valence-corrected chi connectivity index (χ4v) is 1.46. The highest BCUT2D eigenvalue weighted by atomic mass is 16.5. The Balaban J connectivity index is 2.91. The van der Waals surface area contributed by atoms with Crippen molar-refractivity contribution in [2.24, 2.45) is 0 Å². The maximum absolute atomic E-state index is 10.6. The number of aliphatic carboxylic acids is 1. The third-order valence-corrected chi connectivity index (χ3v) is 2.37. The van der Waals surface area contributed by atoms with Gasteiger partial charge in [-0.3, -0.25) is 0 Å². The third kappa shape index (κ3) is 5.57. The Bertz CT molecular complexity index is 470. The molecule has 0 radical (unpaired) electrons. The molecule has 0 saturated carbocycles. The summed E-state index contributed by atoms with van der Waals surface area (Å²) in [6.07, 6.45) is 2.61. The van der Waals surface area contributed by atoms with E-state index in [-0.39, 0.29) is 5.60 Å². The molecule has 0 aliphatic carbocycles. The third-order valence-electron chi connectivity index (χ3n) is 2.37. The van der Waals surface area contributed by atoms with E-state index in [4.69, 9.17) is 14.6 Å². The molecule has 0 fully saturated rings. The number of rotatable bonds is 5. The maximum Gasteiger partial charge on any atom is 0.328 e. The van der Waals surface area contributed by atoms with Crippen LogP contribution in [-0.4, -0.2) is 23.8 Å². The first-order valence-corrected chi connectivity index (χ1v) is 6.04. The van der Waals surface area contributed by atoms with Gasteiger partial charge in [-0.05, 0) is 44.5 Å². The summed E-state index contributed by atoms with van der Waals surface area (Å²) in [5, 5.41) is 8.67. The zero-order valence-corrected chi connectivity index (χ0v) is 11.8. The Morgan fingerprint density at radius 2 is 2.05 bits per heavy atom. The van der Waals surface area contributed by atoms with Gasteiger partial charge in [-0.1, -0.05) is 6.07 Å². The Kier molecular flexibility index (Phi) is 5.12. The van der Waals surface area contributed by atoms with E-state index >= 15 is 0 Å². The first-order valence-electron chi connectivity index (χ1n) is 6.04. The fraction of sp³-hybridized carbons (Fsp3) is 0.400. The molecule has 4 nitrogen and oxygen atoms in total. The predicted molar refractivity (Wildman–Crippen MR) is 74.2 cm³/mol. The van der Waals surface area contributed by atoms with Crippen LogP contribution >= 0.6 is 0 Å². The number of carbonyl (C=O) groups is 1. The molecule has 1 rings (SSSR count). The number of ether oxygens (including phenoxy) is 2. The van der Waals surface area contributed by atoms with Crippen molar-refractivity contribution in [3.8, 4) is 5.75 Å². The zero-order chi connectivity index (χ0) is 14.5. The molecule has 104 valence electrons. The van der Waals surface area contributed by atoms with E-state index in [0.29, 0.717) is 12.4 Å². The molecule has 0 spiro atoms. The van der Waals surface area contributed by atoms with Gasteiger partial charge in [-0.25, -0.2) is 4.79 Å². The van der Waals surface area contributed by atoms with Crippen LogP contribution in [0, 0.1) is 0 Å². The summed E-state index contributed by atoms with van der Waals surface area (Å²) in [5.41, 5.74) is 1.48. The lowest BCUT2D eigenvalue weighted by atomic mass is 10.1. The molecule has 1 N–H and O–H groups in total. The highest BCUT2D eigenvalue weighted by Gasteiger charge is 2.11. The molecule has 0 aromatic heterocycles. The summed E-state index contributed by atoms with van der Waals surface area (Å²) in [4.78, 5) is 10.6. The molecule has 0 bridgehead atoms. The number of carboxylic acid groups (broad SMARTS) is 1. The van der Waals surface area contributed by atoms with Crippen molar-refractivity contribution in [2.45, 2.75) is 33.0 Å². The number of carboxylic acids is 1. The Hall–Kier alpha value is -1.81. The van der Waals surface area contributed by atoms with Crippen LogP contribution in [0.25, 0.3) is 6.08 Å². The number of methoxy groups -OCH3 is 1. The van der Waals surface area contributed by atoms with Crippen LogP contribution in [0.5, 0.6) is 5.75 Å². The van der Waals surface area contributed by atoms with Crippen molar-refractivity contribution in [2.75, 3.05) is 7.11 Å². The first-order chi connectivity index (χ1) is 8.81. The van der Waals surface area contributed by atoms with Crippen LogP contribution in [0.4, 0.5) is 0 Å². The molecule has 0 atom stereocenters. The molecule has 0 amide bonds. The van der Waals surface area contributed by atoms with Crippen molar-refractivity contribution in [3.05, 3.63) is 35.4 Å². The second-order valence-corrected chi connectivity index (χ2v) is 5.15. The molecule has 0 saturated heterocycles. The average Bonchev–Trinajstić information content (AvgIpc) is 2.33. The van der Waals surface area contributed by atoms with Crippen molar-refractivity contribution >= 4 is 12.0 Å². The lowest BCUT2D eigenvalue weighted by molar-refractivity contribution is -0.131. The van der Waals surface area contributed by atoms with Crippen LogP contribution in [0.3, 0.4) is 0 Å². The molecular formula is C15H20O4. The molecule has 0 unspecified atom stereocenters. The number of benzene rings is 1. The van der Waals surface area contributed by atoms with Crippen molar-refractivity contribution in [1.82, 2.24) is 0 Å². The lowest BCUT2D eigenvalue weighted by Gasteiger charge is -2.19. The zero-order valence-electron chi connectivity index (χ0n) is 11.8. The molecule has 0 aliphatic rings. The SMILES string of the molecule is COc1ccc(COC(C)(C)C)cc1/C=C/C(=O)O. The van der Waals surface area contributed by atoms with Gasteiger partial charge in [0.15, 0.2) is 0 Å². The average molecular weight is 264 g/mol. The Morgan fingerprint density at radius 1 is 1.37 bits per heavy atom. The molecule has 0 heterocycles. The van der Waals surface area contributed by atoms with Crippen molar-refractivity contribution in [3.63, 3.8) is 0 Å². The van der Waals surface area contributed by atoms with E-state index < -0.39 is 5.97 Å². The van der Waals surface area contributed by atoms with Gasteiger partial charge in [0.25, 0.3) is 0 Å². The van der Waals surface area contributed by atoms with E-state index in [9.17, 15) is 4.79 Å². The van der Waals surface area contributed by atoms with Crippen molar-refractivity contribution in [1.29, 1.82) is 0 Å². The maximum atomic E-state index is 10.6. The van der Waals surface area contributed by atoms with Crippen LogP contribution in [0.1, 0.15) is 31.9 Å². The van der Waals surface area contributed by atoms with E-state index in [1.807, 2.05) is 39.0 Å². The molecular weight excluding hydrogens is 244 g/mol. The van der Waals surface area contributed by atoms with Crippen LogP contribution < -0.4 is 4.74 Å². The van der Waals surface area contributed by atoms with Crippen LogP contribution in [0.2, 0.25) is 0 Å². The summed E-state index contributed by atoms with van der Waals surface area (Å²) in [7, 11) is 1.55. The van der Waals surface area contributed by atoms with Gasteiger partial charge in [0.05, 0.1) is 19.3 Å². The van der Waals surface area contributed by atoms with Crippen molar-refractivity contribution < 1.29 is 19.4 Å². The second-order valence-electron chi connectivity index (χ2n) is 5.15. The van der Waals surface area contributed by atoms with E-state index in [0.717, 1.165) is 17.2 Å². The van der Waals surface area contributed by atoms with Gasteiger partial charge in [-0.2, -0.15) is 0 Å². The Labute approximate surface area is 113 Å². The summed E-state index contributed by atoms with van der Waals surface area (Å²) >= 11 is 0. The topological polar surface area (TPSA) is 55.8 Å². The summed E-state index contributed by atoms with van der Waals surface area (Å²) in [5.74, 6) is -0.351. The molecule has 4 heteroatoms. The molecule has 19 heavy (non-hydrogen) atoms. The lowest BCUT2D eigenvalue weighted by Crippen LogP contribution is -2.18. The minimum Gasteiger partial charge on any atom is -0.496 e. The summed E-state index contributed by atoms with van der Waals surface area (Å²) in [6.45, 7) is 6.44. The van der Waals surface area contributed by atoms with Gasteiger partial charge in [0.1, 0.15) is 5.75 Å². The summed E-state index contributed by atoms with van der Waals surface area (Å²) in [6, 6.07) is 5.58. The highest BCUT2D eigenvalue weighted by Crippen LogP contribution is 2.22. The van der Waals surface area contributed by atoms with Crippen LogP contribution in [-0.2, 0) is 16.1 Å². The van der Waals surface area contributed by atoms with Gasteiger partial charge < -0.3 is 14.6 Å². The highest BCUT2D eigenvalue weighted by molar-refractivity contribution is 5.85. The minimum atomic E-state index is -0.988. The van der Waals surface area contributed by atoms with E-state index in [1.54, 1.807) is 7.11 Å². The largest absolute Gasteiger partial charge is 0.496 e. The van der Waals surface area contributed by atoms with Gasteiger partial charge in [0.2, 0.25) is 0 Å². The Morgan fingerprint density at radius 3 is 2.58 bits per heavy atom. The predicted octanol–water partition coefficient (Wildman–Crippen LogP) is 3.11. The van der Waals surface area contributed by atoms with E-state index in [2.05, 4.69) is 0 Å². The van der Waals surface area contributed by atoms with Gasteiger partial charge >= 0.3 is 5.97 Å². The smallest absolute Gasteiger partial charge is 0.328 e.